The number of hydrogen-bond donors (Lipinski definition) is 2. The predicted octanol–water partition coefficient (Wildman–Crippen LogP) is 1.96. The molecule has 152 valence electrons. The number of rotatable bonds is 5. The first-order valence-electron chi connectivity index (χ1n) is 9.34. The van der Waals surface area contributed by atoms with E-state index in [0.29, 0.717) is 18.7 Å². The van der Waals surface area contributed by atoms with Crippen LogP contribution in [0, 0.1) is 0 Å². The van der Waals surface area contributed by atoms with Gasteiger partial charge in [0, 0.05) is 31.4 Å². The van der Waals surface area contributed by atoms with Crippen LogP contribution in [0.25, 0.3) is 0 Å². The standard InChI is InChI=1S/C21H23N3O5/c1-13-11-24(12-14(2)29-13)20(26)16-5-3-15(4-6-16)10-23-19(25)18-9-17(21(27)28)7-8-22-18/h3-9,13-14H,10-12H2,1-2H3,(H,23,25)(H,27,28). The van der Waals surface area contributed by atoms with Crippen molar-refractivity contribution in [2.24, 2.45) is 0 Å². The Labute approximate surface area is 168 Å². The number of aromatic nitrogens is 1. The Balaban J connectivity index is 1.59. The predicted molar refractivity (Wildman–Crippen MR) is 105 cm³/mol. The summed E-state index contributed by atoms with van der Waals surface area (Å²) in [5, 5.41) is 11.7. The summed E-state index contributed by atoms with van der Waals surface area (Å²) in [4.78, 5) is 41.6. The third-order valence-corrected chi connectivity index (χ3v) is 4.60. The highest BCUT2D eigenvalue weighted by atomic mass is 16.5. The number of nitrogens with one attached hydrogen (secondary N) is 1. The minimum absolute atomic E-state index is 0.000218. The van der Waals surface area contributed by atoms with E-state index >= 15 is 0 Å². The molecule has 0 radical (unpaired) electrons. The monoisotopic (exact) mass is 397 g/mol. The number of carboxylic acids is 1. The molecule has 2 aromatic rings. The average molecular weight is 397 g/mol. The first-order chi connectivity index (χ1) is 13.8. The van der Waals surface area contributed by atoms with Crippen molar-refractivity contribution in [2.75, 3.05) is 13.1 Å². The number of hydrogen-bond acceptors (Lipinski definition) is 5. The molecule has 1 aromatic heterocycles. The van der Waals surface area contributed by atoms with Gasteiger partial charge in [-0.25, -0.2) is 4.79 Å². The quantitative estimate of drug-likeness (QED) is 0.798. The first-order valence-corrected chi connectivity index (χ1v) is 9.34. The number of pyridine rings is 1. The van der Waals surface area contributed by atoms with Gasteiger partial charge in [0.25, 0.3) is 11.8 Å². The van der Waals surface area contributed by atoms with Gasteiger partial charge in [-0.1, -0.05) is 12.1 Å². The zero-order valence-electron chi connectivity index (χ0n) is 16.3. The van der Waals surface area contributed by atoms with Crippen LogP contribution in [-0.2, 0) is 11.3 Å². The molecule has 0 aliphatic carbocycles. The summed E-state index contributed by atoms with van der Waals surface area (Å²) in [6.45, 7) is 5.25. The minimum Gasteiger partial charge on any atom is -0.478 e. The van der Waals surface area contributed by atoms with Gasteiger partial charge in [0.2, 0.25) is 0 Å². The van der Waals surface area contributed by atoms with E-state index in [9.17, 15) is 14.4 Å². The topological polar surface area (TPSA) is 109 Å². The zero-order chi connectivity index (χ0) is 21.0. The minimum atomic E-state index is -1.12. The lowest BCUT2D eigenvalue weighted by molar-refractivity contribution is -0.0586. The van der Waals surface area contributed by atoms with Gasteiger partial charge in [0.15, 0.2) is 0 Å². The van der Waals surface area contributed by atoms with Crippen LogP contribution < -0.4 is 5.32 Å². The maximum absolute atomic E-state index is 12.7. The lowest BCUT2D eigenvalue weighted by Crippen LogP contribution is -2.48. The zero-order valence-corrected chi connectivity index (χ0v) is 16.3. The number of carbonyl (C=O) groups is 3. The van der Waals surface area contributed by atoms with E-state index in [4.69, 9.17) is 9.84 Å². The molecule has 1 saturated heterocycles. The fraction of sp³-hybridized carbons (Fsp3) is 0.333. The summed E-state index contributed by atoms with van der Waals surface area (Å²) in [5.74, 6) is -1.63. The number of carboxylic acid groups (broad SMARTS) is 1. The molecule has 29 heavy (non-hydrogen) atoms. The van der Waals surface area contributed by atoms with Crippen LogP contribution >= 0.6 is 0 Å². The molecule has 0 spiro atoms. The third kappa shape index (κ3) is 5.17. The van der Waals surface area contributed by atoms with Gasteiger partial charge < -0.3 is 20.1 Å². The van der Waals surface area contributed by atoms with E-state index in [0.717, 1.165) is 5.56 Å². The van der Waals surface area contributed by atoms with E-state index in [2.05, 4.69) is 10.3 Å². The van der Waals surface area contributed by atoms with Crippen molar-refractivity contribution in [3.05, 3.63) is 65.0 Å². The molecule has 0 bridgehead atoms. The Bertz CT molecular complexity index is 903. The molecule has 1 fully saturated rings. The van der Waals surface area contributed by atoms with E-state index in [1.54, 1.807) is 29.2 Å². The van der Waals surface area contributed by atoms with Gasteiger partial charge in [0.1, 0.15) is 5.69 Å². The first kappa shape index (κ1) is 20.5. The summed E-state index contributed by atoms with van der Waals surface area (Å²) >= 11 is 0. The molecule has 0 saturated carbocycles. The molecule has 3 rings (SSSR count). The van der Waals surface area contributed by atoms with E-state index in [-0.39, 0.29) is 35.9 Å². The fourth-order valence-corrected chi connectivity index (χ4v) is 3.25. The van der Waals surface area contributed by atoms with Crippen LogP contribution in [-0.4, -0.2) is 58.1 Å². The molecule has 1 aliphatic rings. The second-order valence-electron chi connectivity index (χ2n) is 7.08. The van der Waals surface area contributed by atoms with Gasteiger partial charge in [-0.2, -0.15) is 0 Å². The highest BCUT2D eigenvalue weighted by Crippen LogP contribution is 2.15. The molecular formula is C21H23N3O5. The number of nitrogens with zero attached hydrogens (tertiary/aromatic N) is 2. The number of ether oxygens (including phenoxy) is 1. The number of benzene rings is 1. The van der Waals surface area contributed by atoms with Gasteiger partial charge in [-0.15, -0.1) is 0 Å². The molecule has 8 heteroatoms. The molecule has 2 heterocycles. The SMILES string of the molecule is CC1CN(C(=O)c2ccc(CNC(=O)c3cc(C(=O)O)ccn3)cc2)CC(C)O1. The van der Waals surface area contributed by atoms with Crippen LogP contribution in [0.15, 0.2) is 42.6 Å². The second kappa shape index (κ2) is 8.83. The van der Waals surface area contributed by atoms with Gasteiger partial charge >= 0.3 is 5.97 Å². The molecular weight excluding hydrogens is 374 g/mol. The van der Waals surface area contributed by atoms with Crippen LogP contribution in [0.4, 0.5) is 0 Å². The molecule has 1 aliphatic heterocycles. The van der Waals surface area contributed by atoms with Crippen molar-refractivity contribution >= 4 is 17.8 Å². The Morgan fingerprint density at radius 2 is 1.76 bits per heavy atom. The molecule has 8 nitrogen and oxygen atoms in total. The molecule has 2 amide bonds. The maximum Gasteiger partial charge on any atom is 0.335 e. The smallest absolute Gasteiger partial charge is 0.335 e. The van der Waals surface area contributed by atoms with Crippen LogP contribution in [0.5, 0.6) is 0 Å². The van der Waals surface area contributed by atoms with Crippen molar-refractivity contribution in [1.82, 2.24) is 15.2 Å². The summed E-state index contributed by atoms with van der Waals surface area (Å²) < 4.78 is 5.66. The highest BCUT2D eigenvalue weighted by molar-refractivity contribution is 5.96. The van der Waals surface area contributed by atoms with Crippen molar-refractivity contribution < 1.29 is 24.2 Å². The third-order valence-electron chi connectivity index (χ3n) is 4.60. The van der Waals surface area contributed by atoms with E-state index in [1.807, 2.05) is 13.8 Å². The summed E-state index contributed by atoms with van der Waals surface area (Å²) in [6.07, 6.45) is 1.29. The number of carbonyl (C=O) groups excluding carboxylic acids is 2. The van der Waals surface area contributed by atoms with E-state index in [1.165, 1.54) is 18.3 Å². The molecule has 2 N–H and O–H groups in total. The number of morpholine rings is 1. The number of amides is 2. The lowest BCUT2D eigenvalue weighted by atomic mass is 10.1. The van der Waals surface area contributed by atoms with Crippen molar-refractivity contribution in [3.63, 3.8) is 0 Å². The van der Waals surface area contributed by atoms with Gasteiger partial charge in [-0.05, 0) is 43.7 Å². The Kier molecular flexibility index (Phi) is 6.23. The van der Waals surface area contributed by atoms with Gasteiger partial charge in [0.05, 0.1) is 17.8 Å². The van der Waals surface area contributed by atoms with Crippen molar-refractivity contribution in [2.45, 2.75) is 32.6 Å². The molecule has 1 aromatic carbocycles. The lowest BCUT2D eigenvalue weighted by Gasteiger charge is -2.35. The van der Waals surface area contributed by atoms with Crippen LogP contribution in [0.2, 0.25) is 0 Å². The molecule has 2 atom stereocenters. The van der Waals surface area contributed by atoms with E-state index < -0.39 is 11.9 Å². The normalized spacial score (nSPS) is 18.9. The Morgan fingerprint density at radius 1 is 1.10 bits per heavy atom. The van der Waals surface area contributed by atoms with Crippen LogP contribution in [0.3, 0.4) is 0 Å². The Morgan fingerprint density at radius 3 is 2.38 bits per heavy atom. The van der Waals surface area contributed by atoms with Crippen molar-refractivity contribution in [3.8, 4) is 0 Å². The maximum atomic E-state index is 12.7. The Hall–Kier alpha value is -3.26. The average Bonchev–Trinajstić information content (AvgIpc) is 2.71. The van der Waals surface area contributed by atoms with Crippen LogP contribution in [0.1, 0.15) is 50.6 Å². The summed E-state index contributed by atoms with van der Waals surface area (Å²) in [6, 6.07) is 9.58. The molecule has 2 unspecified atom stereocenters. The largest absolute Gasteiger partial charge is 0.478 e. The number of aromatic carboxylic acids is 1. The summed E-state index contributed by atoms with van der Waals surface area (Å²) in [5.41, 5.74) is 1.43. The van der Waals surface area contributed by atoms with Gasteiger partial charge in [-0.3, -0.25) is 14.6 Å². The fourth-order valence-electron chi connectivity index (χ4n) is 3.25. The summed E-state index contributed by atoms with van der Waals surface area (Å²) in [7, 11) is 0. The van der Waals surface area contributed by atoms with Crippen molar-refractivity contribution in [1.29, 1.82) is 0 Å². The second-order valence-corrected chi connectivity index (χ2v) is 7.08. The highest BCUT2D eigenvalue weighted by Gasteiger charge is 2.26.